The third kappa shape index (κ3) is 4.43. The second-order valence-electron chi connectivity index (χ2n) is 6.22. The lowest BCUT2D eigenvalue weighted by Crippen LogP contribution is -2.38. The molecule has 0 aromatic carbocycles. The molecule has 2 aromatic rings. The molecule has 0 spiro atoms. The summed E-state index contributed by atoms with van der Waals surface area (Å²) in [6.45, 7) is 4.45. The van der Waals surface area contributed by atoms with Crippen molar-refractivity contribution in [2.24, 2.45) is 0 Å². The van der Waals surface area contributed by atoms with Crippen molar-refractivity contribution in [2.75, 3.05) is 24.1 Å². The van der Waals surface area contributed by atoms with Crippen LogP contribution in [0.3, 0.4) is 0 Å². The van der Waals surface area contributed by atoms with Crippen LogP contribution < -0.4 is 11.1 Å². The molecule has 3 heterocycles. The number of hydrogen-bond donors (Lipinski definition) is 2. The van der Waals surface area contributed by atoms with Crippen LogP contribution in [0.4, 0.5) is 11.5 Å². The summed E-state index contributed by atoms with van der Waals surface area (Å²) in [4.78, 5) is 23.1. The summed E-state index contributed by atoms with van der Waals surface area (Å²) in [5.74, 6) is 2.76. The van der Waals surface area contributed by atoms with Gasteiger partial charge < -0.3 is 15.6 Å². The van der Waals surface area contributed by atoms with Crippen LogP contribution in [0.25, 0.3) is 5.57 Å². The first kappa shape index (κ1) is 18.4. The van der Waals surface area contributed by atoms with Crippen molar-refractivity contribution in [2.45, 2.75) is 20.0 Å². The Morgan fingerprint density at radius 3 is 3.07 bits per heavy atom. The van der Waals surface area contributed by atoms with Crippen molar-refractivity contribution in [3.63, 3.8) is 0 Å². The highest BCUT2D eigenvalue weighted by atomic mass is 16.2. The van der Waals surface area contributed by atoms with Gasteiger partial charge in [-0.25, -0.2) is 9.97 Å². The van der Waals surface area contributed by atoms with E-state index >= 15 is 0 Å². The molecule has 1 amide bonds. The number of allylic oxidation sites excluding steroid dienone is 4. The van der Waals surface area contributed by atoms with Crippen molar-refractivity contribution in [1.29, 1.82) is 0 Å². The lowest BCUT2D eigenvalue weighted by atomic mass is 10.1. The summed E-state index contributed by atoms with van der Waals surface area (Å²) in [6, 6.07) is 3.43. The number of carbonyl (C=O) groups is 1. The minimum Gasteiger partial charge on any atom is -0.396 e. The molecule has 1 aliphatic heterocycles. The van der Waals surface area contributed by atoms with Gasteiger partial charge in [-0.05, 0) is 25.1 Å². The highest BCUT2D eigenvalue weighted by Gasteiger charge is 2.19. The SMILES string of the molecule is C#C/C(=C\C=C/C)c1ccc(N)c(NC(=O)CN2CCn3cncc3C2)n1. The highest BCUT2D eigenvalue weighted by molar-refractivity contribution is 5.94. The zero-order chi connectivity index (χ0) is 19.2. The first-order chi connectivity index (χ1) is 13.1. The van der Waals surface area contributed by atoms with Gasteiger partial charge in [0.2, 0.25) is 5.91 Å². The Kier molecular flexibility index (Phi) is 5.69. The molecule has 0 fully saturated rings. The standard InChI is InChI=1S/C20H22N6O/c1-3-5-6-15(4-2)18-8-7-17(21)20(23-18)24-19(27)13-25-9-10-26-14-22-11-16(26)12-25/h2-3,5-8,11,14H,9-10,12-13,21H2,1H3,(H,23,24,27)/b5-3-,15-6+. The Morgan fingerprint density at radius 2 is 2.30 bits per heavy atom. The second-order valence-corrected chi connectivity index (χ2v) is 6.22. The van der Waals surface area contributed by atoms with Gasteiger partial charge >= 0.3 is 0 Å². The number of fused-ring (bicyclic) bond motifs is 1. The second kappa shape index (κ2) is 8.34. The number of aromatic nitrogens is 3. The molecule has 1 aliphatic rings. The molecule has 0 unspecified atom stereocenters. The quantitative estimate of drug-likeness (QED) is 0.626. The number of rotatable bonds is 5. The van der Waals surface area contributed by atoms with Crippen LogP contribution in [0, 0.1) is 12.3 Å². The molecule has 7 heteroatoms. The number of nitrogens with zero attached hydrogens (tertiary/aromatic N) is 4. The number of pyridine rings is 1. The van der Waals surface area contributed by atoms with Gasteiger partial charge in [0.25, 0.3) is 0 Å². The van der Waals surface area contributed by atoms with E-state index in [1.165, 1.54) is 0 Å². The van der Waals surface area contributed by atoms with Crippen LogP contribution in [-0.4, -0.2) is 38.4 Å². The molecule has 0 aliphatic carbocycles. The first-order valence-electron chi connectivity index (χ1n) is 8.68. The van der Waals surface area contributed by atoms with Gasteiger partial charge in [-0.15, -0.1) is 6.42 Å². The summed E-state index contributed by atoms with van der Waals surface area (Å²) < 4.78 is 2.09. The van der Waals surface area contributed by atoms with Gasteiger partial charge in [0.1, 0.15) is 0 Å². The predicted molar refractivity (Wildman–Crippen MR) is 106 cm³/mol. The fourth-order valence-corrected chi connectivity index (χ4v) is 2.87. The molecular weight excluding hydrogens is 340 g/mol. The van der Waals surface area contributed by atoms with Crippen molar-refractivity contribution in [1.82, 2.24) is 19.4 Å². The minimum absolute atomic E-state index is 0.168. The number of amides is 1. The number of hydrogen-bond acceptors (Lipinski definition) is 5. The zero-order valence-electron chi connectivity index (χ0n) is 15.2. The Labute approximate surface area is 158 Å². The van der Waals surface area contributed by atoms with Gasteiger partial charge in [0.05, 0.1) is 29.9 Å². The van der Waals surface area contributed by atoms with E-state index in [9.17, 15) is 4.79 Å². The number of terminal acetylenes is 1. The third-order valence-corrected chi connectivity index (χ3v) is 4.28. The number of imidazole rings is 1. The number of anilines is 2. The monoisotopic (exact) mass is 362 g/mol. The summed E-state index contributed by atoms with van der Waals surface area (Å²) in [6.07, 6.45) is 14.7. The lowest BCUT2D eigenvalue weighted by Gasteiger charge is -2.27. The van der Waals surface area contributed by atoms with Crippen LogP contribution >= 0.6 is 0 Å². The lowest BCUT2D eigenvalue weighted by molar-refractivity contribution is -0.117. The topological polar surface area (TPSA) is 89.1 Å². The normalized spacial score (nSPS) is 14.7. The smallest absolute Gasteiger partial charge is 0.239 e. The fourth-order valence-electron chi connectivity index (χ4n) is 2.87. The maximum absolute atomic E-state index is 12.5. The van der Waals surface area contributed by atoms with Crippen LogP contribution in [0.2, 0.25) is 0 Å². The zero-order valence-corrected chi connectivity index (χ0v) is 15.2. The van der Waals surface area contributed by atoms with E-state index in [4.69, 9.17) is 12.2 Å². The predicted octanol–water partition coefficient (Wildman–Crippen LogP) is 1.91. The van der Waals surface area contributed by atoms with Crippen LogP contribution in [-0.2, 0) is 17.9 Å². The van der Waals surface area contributed by atoms with Crippen LogP contribution in [0.5, 0.6) is 0 Å². The summed E-state index contributed by atoms with van der Waals surface area (Å²) in [7, 11) is 0. The van der Waals surface area contributed by atoms with E-state index in [1.54, 1.807) is 18.2 Å². The Balaban J connectivity index is 1.69. The highest BCUT2D eigenvalue weighted by Crippen LogP contribution is 2.20. The molecule has 7 nitrogen and oxygen atoms in total. The van der Waals surface area contributed by atoms with Crippen molar-refractivity contribution >= 4 is 23.0 Å². The van der Waals surface area contributed by atoms with E-state index in [1.807, 2.05) is 31.6 Å². The molecule has 138 valence electrons. The molecule has 0 bridgehead atoms. The summed E-state index contributed by atoms with van der Waals surface area (Å²) >= 11 is 0. The van der Waals surface area contributed by atoms with E-state index < -0.39 is 0 Å². The van der Waals surface area contributed by atoms with E-state index in [0.717, 1.165) is 18.8 Å². The molecule has 0 atom stereocenters. The Bertz CT molecular complexity index is 934. The van der Waals surface area contributed by atoms with Crippen LogP contribution in [0.1, 0.15) is 18.3 Å². The number of nitrogens with two attached hydrogens (primary N) is 1. The first-order valence-corrected chi connectivity index (χ1v) is 8.68. The molecular formula is C20H22N6O. The molecule has 3 N–H and O–H groups in total. The van der Waals surface area contributed by atoms with Crippen molar-refractivity contribution < 1.29 is 4.79 Å². The molecule has 2 aromatic heterocycles. The average Bonchev–Trinajstić information content (AvgIpc) is 3.12. The van der Waals surface area contributed by atoms with Gasteiger partial charge in [0, 0.05) is 31.4 Å². The maximum atomic E-state index is 12.5. The molecule has 0 radical (unpaired) electrons. The third-order valence-electron chi connectivity index (χ3n) is 4.28. The van der Waals surface area contributed by atoms with E-state index in [2.05, 4.69) is 30.7 Å². The number of carbonyl (C=O) groups excluding carboxylic acids is 1. The maximum Gasteiger partial charge on any atom is 0.239 e. The molecule has 0 saturated heterocycles. The summed E-state index contributed by atoms with van der Waals surface area (Å²) in [5.41, 5.74) is 8.67. The van der Waals surface area contributed by atoms with E-state index in [-0.39, 0.29) is 12.5 Å². The number of nitrogens with one attached hydrogen (secondary N) is 1. The fraction of sp³-hybridized carbons (Fsp3) is 0.250. The number of nitrogen functional groups attached to an aromatic ring is 1. The van der Waals surface area contributed by atoms with Crippen molar-refractivity contribution in [3.8, 4) is 12.3 Å². The molecule has 0 saturated carbocycles. The Hall–Kier alpha value is -3.37. The summed E-state index contributed by atoms with van der Waals surface area (Å²) in [5, 5.41) is 2.80. The molecule has 27 heavy (non-hydrogen) atoms. The van der Waals surface area contributed by atoms with Crippen molar-refractivity contribution in [3.05, 3.63) is 54.3 Å². The van der Waals surface area contributed by atoms with Crippen LogP contribution in [0.15, 0.2) is 42.9 Å². The average molecular weight is 362 g/mol. The minimum atomic E-state index is -0.168. The van der Waals surface area contributed by atoms with Gasteiger partial charge in [-0.2, -0.15) is 0 Å². The van der Waals surface area contributed by atoms with Gasteiger partial charge in [-0.3, -0.25) is 9.69 Å². The largest absolute Gasteiger partial charge is 0.396 e. The molecule has 3 rings (SSSR count). The van der Waals surface area contributed by atoms with Gasteiger partial charge in [-0.1, -0.05) is 18.1 Å². The van der Waals surface area contributed by atoms with E-state index in [0.29, 0.717) is 29.3 Å². The van der Waals surface area contributed by atoms with Gasteiger partial charge in [0.15, 0.2) is 5.82 Å². The Morgan fingerprint density at radius 1 is 1.44 bits per heavy atom.